The molecule has 9 heteroatoms. The molecule has 9 nitrogen and oxygen atoms in total. The smallest absolute Gasteiger partial charge is 0.364 e. The van der Waals surface area contributed by atoms with Crippen LogP contribution in [-0.2, 0) is 30.3 Å². The summed E-state index contributed by atoms with van der Waals surface area (Å²) in [4.78, 5) is 50.8. The second kappa shape index (κ2) is 12.7. The molecule has 214 valence electrons. The number of carboxylic acid groups (broad SMARTS) is 1. The lowest BCUT2D eigenvalue weighted by molar-refractivity contribution is -0.188. The van der Waals surface area contributed by atoms with Crippen molar-refractivity contribution in [3.63, 3.8) is 0 Å². The molecular weight excluding hydrogens is 490 g/mol. The van der Waals surface area contributed by atoms with Crippen molar-refractivity contribution >= 4 is 23.9 Å². The molecule has 3 atom stereocenters. The Balaban J connectivity index is 3.60. The molecule has 2 unspecified atom stereocenters. The van der Waals surface area contributed by atoms with E-state index in [2.05, 4.69) is 5.32 Å². The molecule has 0 fully saturated rings. The van der Waals surface area contributed by atoms with E-state index in [1.165, 1.54) is 12.1 Å². The fourth-order valence-electron chi connectivity index (χ4n) is 2.95. The van der Waals surface area contributed by atoms with Gasteiger partial charge in [0.15, 0.2) is 11.5 Å². The highest BCUT2D eigenvalue weighted by Gasteiger charge is 2.45. The third-order valence-corrected chi connectivity index (χ3v) is 6.18. The predicted molar refractivity (Wildman–Crippen MR) is 144 cm³/mol. The van der Waals surface area contributed by atoms with Crippen LogP contribution in [0.4, 0.5) is 0 Å². The standard InChI is InChI=1S/C29H45NO8/c1-12-18(4)30-29(24(32)33,38-23(31)19(5)17(2)3)16-20-13-14-21(36-25(34)27(6,7)8)22(15-20)37-26(35)28(9,10)11/h13-15,17-19,30H,12,16H2,1-11H3,(H,32,33)/t18?,19?,29-/m0/s1. The third-order valence-electron chi connectivity index (χ3n) is 6.18. The van der Waals surface area contributed by atoms with Gasteiger partial charge in [-0.25, -0.2) is 4.79 Å². The van der Waals surface area contributed by atoms with Crippen molar-refractivity contribution in [1.29, 1.82) is 0 Å². The molecule has 0 aliphatic heterocycles. The lowest BCUT2D eigenvalue weighted by Crippen LogP contribution is -2.60. The zero-order chi connectivity index (χ0) is 29.6. The second-order valence-corrected chi connectivity index (χ2v) is 12.3. The fraction of sp³-hybridized carbons (Fsp3) is 0.655. The maximum Gasteiger partial charge on any atom is 0.364 e. The van der Waals surface area contributed by atoms with Crippen LogP contribution < -0.4 is 14.8 Å². The van der Waals surface area contributed by atoms with Gasteiger partial charge < -0.3 is 19.3 Å². The highest BCUT2D eigenvalue weighted by molar-refractivity contribution is 5.83. The Hall–Kier alpha value is -2.94. The van der Waals surface area contributed by atoms with Gasteiger partial charge in [-0.2, -0.15) is 0 Å². The van der Waals surface area contributed by atoms with Crippen LogP contribution in [-0.4, -0.2) is 40.8 Å². The molecule has 0 radical (unpaired) electrons. The van der Waals surface area contributed by atoms with E-state index in [1.54, 1.807) is 61.5 Å². The summed E-state index contributed by atoms with van der Waals surface area (Å²) in [5, 5.41) is 13.3. The second-order valence-electron chi connectivity index (χ2n) is 12.3. The van der Waals surface area contributed by atoms with Crippen molar-refractivity contribution < 1.29 is 38.5 Å². The molecule has 1 rings (SSSR count). The van der Waals surface area contributed by atoms with Gasteiger partial charge in [0.1, 0.15) is 0 Å². The van der Waals surface area contributed by atoms with Crippen molar-refractivity contribution in [2.45, 2.75) is 101 Å². The summed E-state index contributed by atoms with van der Waals surface area (Å²) in [5.74, 6) is -3.72. The Labute approximate surface area is 226 Å². The molecule has 2 N–H and O–H groups in total. The average Bonchev–Trinajstić information content (AvgIpc) is 2.78. The van der Waals surface area contributed by atoms with Crippen LogP contribution in [0.5, 0.6) is 11.5 Å². The number of hydrogen-bond acceptors (Lipinski definition) is 8. The maximum absolute atomic E-state index is 12.9. The normalized spacial score (nSPS) is 15.3. The zero-order valence-electron chi connectivity index (χ0n) is 24.7. The van der Waals surface area contributed by atoms with Crippen LogP contribution in [0.2, 0.25) is 0 Å². The molecule has 1 aromatic carbocycles. The first-order chi connectivity index (χ1) is 17.2. The predicted octanol–water partition coefficient (Wildman–Crippen LogP) is 5.14. The topological polar surface area (TPSA) is 128 Å². The summed E-state index contributed by atoms with van der Waals surface area (Å²) in [7, 11) is 0. The van der Waals surface area contributed by atoms with Crippen LogP contribution >= 0.6 is 0 Å². The van der Waals surface area contributed by atoms with Crippen LogP contribution in [0.3, 0.4) is 0 Å². The number of carbonyl (C=O) groups excluding carboxylic acids is 3. The molecule has 0 spiro atoms. The Morgan fingerprint density at radius 3 is 1.79 bits per heavy atom. The van der Waals surface area contributed by atoms with Crippen LogP contribution in [0.15, 0.2) is 18.2 Å². The molecule has 0 saturated heterocycles. The number of esters is 3. The summed E-state index contributed by atoms with van der Waals surface area (Å²) >= 11 is 0. The van der Waals surface area contributed by atoms with Gasteiger partial charge in [0.2, 0.25) is 0 Å². The lowest BCUT2D eigenvalue weighted by atomic mass is 9.96. The molecular formula is C29H45NO8. The van der Waals surface area contributed by atoms with E-state index in [1.807, 2.05) is 20.8 Å². The van der Waals surface area contributed by atoms with Crippen molar-refractivity contribution in [3.8, 4) is 11.5 Å². The monoisotopic (exact) mass is 535 g/mol. The molecule has 0 heterocycles. The molecule has 0 aromatic heterocycles. The minimum absolute atomic E-state index is 0.0208. The summed E-state index contributed by atoms with van der Waals surface area (Å²) in [5.41, 5.74) is -3.36. The third kappa shape index (κ3) is 9.11. The number of aliphatic carboxylic acids is 1. The molecule has 0 saturated carbocycles. The highest BCUT2D eigenvalue weighted by Crippen LogP contribution is 2.34. The first-order valence-electron chi connectivity index (χ1n) is 13.0. The summed E-state index contributed by atoms with van der Waals surface area (Å²) in [6, 6.07) is 4.14. The first kappa shape index (κ1) is 33.1. The molecule has 1 aromatic rings. The molecule has 0 aliphatic rings. The molecule has 0 amide bonds. The minimum atomic E-state index is -2.08. The van der Waals surface area contributed by atoms with Crippen LogP contribution in [0.1, 0.15) is 88.1 Å². The lowest BCUT2D eigenvalue weighted by Gasteiger charge is -2.34. The maximum atomic E-state index is 12.9. The number of hydrogen-bond donors (Lipinski definition) is 2. The zero-order valence-corrected chi connectivity index (χ0v) is 24.7. The van der Waals surface area contributed by atoms with Crippen molar-refractivity contribution in [2.24, 2.45) is 22.7 Å². The summed E-state index contributed by atoms with van der Waals surface area (Å²) in [6.45, 7) is 19.2. The minimum Gasteiger partial charge on any atom is -0.477 e. The highest BCUT2D eigenvalue weighted by atomic mass is 16.6. The van der Waals surface area contributed by atoms with Crippen molar-refractivity contribution in [3.05, 3.63) is 23.8 Å². The van der Waals surface area contributed by atoms with E-state index in [9.17, 15) is 24.3 Å². The molecule has 0 bridgehead atoms. The summed E-state index contributed by atoms with van der Waals surface area (Å²) in [6.07, 6.45) is 0.319. The number of nitrogens with one attached hydrogen (secondary N) is 1. The number of rotatable bonds is 11. The van der Waals surface area contributed by atoms with Gasteiger partial charge in [-0.05, 0) is 78.5 Å². The Morgan fingerprint density at radius 1 is 0.868 bits per heavy atom. The van der Waals surface area contributed by atoms with E-state index < -0.39 is 46.4 Å². The van der Waals surface area contributed by atoms with Gasteiger partial charge in [0, 0.05) is 12.5 Å². The SMILES string of the molecule is CCC(C)N[C@@](Cc1ccc(OC(=O)C(C)(C)C)c(OC(=O)C(C)(C)C)c1)(OC(=O)C(C)C(C)C)C(=O)O. The van der Waals surface area contributed by atoms with Gasteiger partial charge >= 0.3 is 23.9 Å². The Bertz CT molecular complexity index is 1020. The van der Waals surface area contributed by atoms with E-state index in [4.69, 9.17) is 14.2 Å². The molecule has 38 heavy (non-hydrogen) atoms. The first-order valence-corrected chi connectivity index (χ1v) is 13.0. The molecule has 0 aliphatic carbocycles. The van der Waals surface area contributed by atoms with E-state index in [0.29, 0.717) is 12.0 Å². The van der Waals surface area contributed by atoms with Gasteiger partial charge in [-0.1, -0.05) is 33.8 Å². The van der Waals surface area contributed by atoms with Crippen molar-refractivity contribution in [1.82, 2.24) is 5.32 Å². The van der Waals surface area contributed by atoms with Crippen molar-refractivity contribution in [2.75, 3.05) is 0 Å². The number of carboxylic acids is 1. The Morgan fingerprint density at radius 2 is 1.37 bits per heavy atom. The number of benzene rings is 1. The van der Waals surface area contributed by atoms with Gasteiger partial charge in [0.25, 0.3) is 5.72 Å². The number of ether oxygens (including phenoxy) is 3. The average molecular weight is 536 g/mol. The number of carbonyl (C=O) groups is 4. The largest absolute Gasteiger partial charge is 0.477 e. The van der Waals surface area contributed by atoms with Gasteiger partial charge in [-0.3, -0.25) is 19.7 Å². The van der Waals surface area contributed by atoms with E-state index in [0.717, 1.165) is 0 Å². The van der Waals surface area contributed by atoms with Gasteiger partial charge in [-0.15, -0.1) is 0 Å². The van der Waals surface area contributed by atoms with E-state index >= 15 is 0 Å². The quantitative estimate of drug-likeness (QED) is 0.225. The van der Waals surface area contributed by atoms with Crippen LogP contribution in [0.25, 0.3) is 0 Å². The van der Waals surface area contributed by atoms with Crippen LogP contribution in [0, 0.1) is 22.7 Å². The fourth-order valence-corrected chi connectivity index (χ4v) is 2.95. The van der Waals surface area contributed by atoms with E-state index in [-0.39, 0.29) is 29.9 Å². The Kier molecular flexibility index (Phi) is 11.1. The van der Waals surface area contributed by atoms with Gasteiger partial charge in [0.05, 0.1) is 16.7 Å². The summed E-state index contributed by atoms with van der Waals surface area (Å²) < 4.78 is 16.8.